The Morgan fingerprint density at radius 1 is 1.35 bits per heavy atom. The van der Waals surface area contributed by atoms with Gasteiger partial charge < -0.3 is 9.52 Å². The van der Waals surface area contributed by atoms with Crippen molar-refractivity contribution in [3.63, 3.8) is 0 Å². The summed E-state index contributed by atoms with van der Waals surface area (Å²) in [5, 5.41) is 9.86. The smallest absolute Gasteiger partial charge is 0.416 e. The molecule has 0 spiro atoms. The third kappa shape index (κ3) is 2.44. The van der Waals surface area contributed by atoms with E-state index in [0.29, 0.717) is 17.4 Å². The Morgan fingerprint density at radius 2 is 2.06 bits per heavy atom. The van der Waals surface area contributed by atoms with E-state index in [-0.39, 0.29) is 5.58 Å². The number of hydrogen-bond acceptors (Lipinski definition) is 2. The van der Waals surface area contributed by atoms with E-state index in [4.69, 9.17) is 4.42 Å². The summed E-state index contributed by atoms with van der Waals surface area (Å²) in [6.07, 6.45) is -3.18. The fraction of sp³-hybridized carbons (Fsp3) is 0.333. The number of alkyl halides is 3. The SMILES string of the molecule is CC(O)Cc1coc2cc(C(F)(F)F)ccc12. The summed E-state index contributed by atoms with van der Waals surface area (Å²) in [5.74, 6) is 0. The first kappa shape index (κ1) is 12.0. The van der Waals surface area contributed by atoms with Crippen LogP contribution in [0.2, 0.25) is 0 Å². The summed E-state index contributed by atoms with van der Waals surface area (Å²) in [6.45, 7) is 1.61. The van der Waals surface area contributed by atoms with E-state index in [1.807, 2.05) is 0 Å². The van der Waals surface area contributed by atoms with Gasteiger partial charge >= 0.3 is 6.18 Å². The predicted octanol–water partition coefficient (Wildman–Crippen LogP) is 3.37. The van der Waals surface area contributed by atoms with E-state index in [1.54, 1.807) is 6.92 Å². The van der Waals surface area contributed by atoms with E-state index in [0.717, 1.165) is 12.1 Å². The quantitative estimate of drug-likeness (QED) is 0.878. The lowest BCUT2D eigenvalue weighted by atomic mass is 10.1. The van der Waals surface area contributed by atoms with E-state index >= 15 is 0 Å². The minimum absolute atomic E-state index is 0.190. The van der Waals surface area contributed by atoms with Crippen molar-refractivity contribution < 1.29 is 22.7 Å². The van der Waals surface area contributed by atoms with Gasteiger partial charge in [0.05, 0.1) is 17.9 Å². The summed E-state index contributed by atoms with van der Waals surface area (Å²) in [5.41, 5.74) is 0.169. The van der Waals surface area contributed by atoms with Crippen molar-refractivity contribution in [2.45, 2.75) is 25.6 Å². The Kier molecular flexibility index (Phi) is 2.87. The predicted molar refractivity (Wildman–Crippen MR) is 56.6 cm³/mol. The van der Waals surface area contributed by atoms with Crippen LogP contribution in [0.1, 0.15) is 18.1 Å². The maximum Gasteiger partial charge on any atom is 0.416 e. The average Bonchev–Trinajstić information content (AvgIpc) is 2.59. The molecule has 2 aromatic rings. The maximum absolute atomic E-state index is 12.5. The van der Waals surface area contributed by atoms with Crippen LogP contribution in [0.25, 0.3) is 11.0 Å². The zero-order chi connectivity index (χ0) is 12.6. The number of rotatable bonds is 2. The van der Waals surface area contributed by atoms with Crippen LogP contribution >= 0.6 is 0 Å². The molecule has 0 aliphatic heterocycles. The van der Waals surface area contributed by atoms with Crippen molar-refractivity contribution in [2.24, 2.45) is 0 Å². The molecule has 0 aliphatic carbocycles. The molecule has 1 atom stereocenters. The second kappa shape index (κ2) is 4.07. The van der Waals surface area contributed by atoms with Gasteiger partial charge in [0.1, 0.15) is 5.58 Å². The summed E-state index contributed by atoms with van der Waals surface area (Å²) in [4.78, 5) is 0. The monoisotopic (exact) mass is 244 g/mol. The van der Waals surface area contributed by atoms with Crippen LogP contribution in [-0.2, 0) is 12.6 Å². The van der Waals surface area contributed by atoms with Crippen LogP contribution in [0.15, 0.2) is 28.9 Å². The van der Waals surface area contributed by atoms with Crippen LogP contribution in [0.4, 0.5) is 13.2 Å². The molecule has 0 fully saturated rings. The highest BCUT2D eigenvalue weighted by atomic mass is 19.4. The standard InChI is InChI=1S/C12H11F3O2/c1-7(16)4-8-6-17-11-5-9(12(13,14)15)2-3-10(8)11/h2-3,5-7,16H,4H2,1H3. The van der Waals surface area contributed by atoms with Gasteiger partial charge in [0.15, 0.2) is 0 Å². The van der Waals surface area contributed by atoms with E-state index in [1.165, 1.54) is 12.3 Å². The third-order valence-electron chi connectivity index (χ3n) is 2.50. The normalized spacial score (nSPS) is 14.2. The number of benzene rings is 1. The first-order chi connectivity index (χ1) is 7.88. The molecule has 1 N–H and O–H groups in total. The molecule has 0 saturated carbocycles. The highest BCUT2D eigenvalue weighted by molar-refractivity contribution is 5.81. The Hall–Kier alpha value is -1.49. The highest BCUT2D eigenvalue weighted by Gasteiger charge is 2.31. The van der Waals surface area contributed by atoms with Gasteiger partial charge in [0, 0.05) is 17.4 Å². The second-order valence-corrected chi connectivity index (χ2v) is 4.02. The number of aliphatic hydroxyl groups excluding tert-OH is 1. The average molecular weight is 244 g/mol. The molecule has 5 heteroatoms. The van der Waals surface area contributed by atoms with Crippen molar-refractivity contribution in [2.75, 3.05) is 0 Å². The largest absolute Gasteiger partial charge is 0.464 e. The van der Waals surface area contributed by atoms with Crippen molar-refractivity contribution >= 4 is 11.0 Å². The minimum atomic E-state index is -4.37. The Labute approximate surface area is 95.7 Å². The molecule has 1 aromatic heterocycles. The van der Waals surface area contributed by atoms with Crippen molar-refractivity contribution in [3.8, 4) is 0 Å². The number of furan rings is 1. The highest BCUT2D eigenvalue weighted by Crippen LogP contribution is 2.33. The van der Waals surface area contributed by atoms with Gasteiger partial charge in [-0.15, -0.1) is 0 Å². The Morgan fingerprint density at radius 3 is 2.65 bits per heavy atom. The molecule has 0 bridgehead atoms. The molecule has 1 aromatic carbocycles. The minimum Gasteiger partial charge on any atom is -0.464 e. The Bertz CT molecular complexity index is 526. The molecule has 0 saturated heterocycles. The van der Waals surface area contributed by atoms with E-state index < -0.39 is 17.8 Å². The van der Waals surface area contributed by atoms with Crippen LogP contribution in [0.5, 0.6) is 0 Å². The zero-order valence-electron chi connectivity index (χ0n) is 9.08. The first-order valence-corrected chi connectivity index (χ1v) is 5.13. The maximum atomic E-state index is 12.5. The number of fused-ring (bicyclic) bond motifs is 1. The summed E-state index contributed by atoms with van der Waals surface area (Å²) in [7, 11) is 0. The van der Waals surface area contributed by atoms with Crippen LogP contribution in [0.3, 0.4) is 0 Å². The van der Waals surface area contributed by atoms with E-state index in [2.05, 4.69) is 0 Å². The summed E-state index contributed by atoms with van der Waals surface area (Å²) in [6, 6.07) is 3.36. The molecule has 1 heterocycles. The fourth-order valence-corrected chi connectivity index (χ4v) is 1.74. The van der Waals surface area contributed by atoms with Gasteiger partial charge in [-0.2, -0.15) is 13.2 Å². The number of aliphatic hydroxyl groups is 1. The van der Waals surface area contributed by atoms with Crippen LogP contribution in [0, 0.1) is 0 Å². The zero-order valence-corrected chi connectivity index (χ0v) is 9.08. The molecule has 0 radical (unpaired) electrons. The third-order valence-corrected chi connectivity index (χ3v) is 2.50. The van der Waals surface area contributed by atoms with Gasteiger partial charge in [-0.05, 0) is 19.1 Å². The van der Waals surface area contributed by atoms with Gasteiger partial charge in [0.2, 0.25) is 0 Å². The van der Waals surface area contributed by atoms with Gasteiger partial charge in [-0.3, -0.25) is 0 Å². The number of halogens is 3. The number of hydrogen-bond donors (Lipinski definition) is 1. The van der Waals surface area contributed by atoms with Gasteiger partial charge in [-0.25, -0.2) is 0 Å². The molecule has 0 aliphatic rings. The molecule has 0 amide bonds. The Balaban J connectivity index is 2.45. The molecule has 1 unspecified atom stereocenters. The van der Waals surface area contributed by atoms with E-state index in [9.17, 15) is 18.3 Å². The first-order valence-electron chi connectivity index (χ1n) is 5.13. The van der Waals surface area contributed by atoms with Gasteiger partial charge in [-0.1, -0.05) is 6.07 Å². The van der Waals surface area contributed by atoms with Crippen molar-refractivity contribution in [3.05, 3.63) is 35.6 Å². The second-order valence-electron chi connectivity index (χ2n) is 4.02. The molecular formula is C12H11F3O2. The lowest BCUT2D eigenvalue weighted by molar-refractivity contribution is -0.137. The van der Waals surface area contributed by atoms with Crippen LogP contribution < -0.4 is 0 Å². The van der Waals surface area contributed by atoms with Crippen molar-refractivity contribution in [1.29, 1.82) is 0 Å². The molecule has 17 heavy (non-hydrogen) atoms. The summed E-state index contributed by atoms with van der Waals surface area (Å²) < 4.78 is 42.4. The molecule has 2 rings (SSSR count). The van der Waals surface area contributed by atoms with Gasteiger partial charge in [0.25, 0.3) is 0 Å². The topological polar surface area (TPSA) is 33.4 Å². The van der Waals surface area contributed by atoms with Crippen molar-refractivity contribution in [1.82, 2.24) is 0 Å². The van der Waals surface area contributed by atoms with Crippen LogP contribution in [-0.4, -0.2) is 11.2 Å². The lowest BCUT2D eigenvalue weighted by Gasteiger charge is -2.06. The molecular weight excluding hydrogens is 233 g/mol. The molecule has 92 valence electrons. The molecule has 2 nitrogen and oxygen atoms in total. The lowest BCUT2D eigenvalue weighted by Crippen LogP contribution is -2.05. The fourth-order valence-electron chi connectivity index (χ4n) is 1.74. The summed E-state index contributed by atoms with van der Waals surface area (Å²) >= 11 is 0.